The van der Waals surface area contributed by atoms with Crippen molar-refractivity contribution in [1.82, 2.24) is 4.98 Å². The molecule has 2 aromatic rings. The van der Waals surface area contributed by atoms with Crippen LogP contribution in [0, 0.1) is 12.3 Å². The topological polar surface area (TPSA) is 72.0 Å². The Morgan fingerprint density at radius 3 is 2.84 bits per heavy atom. The van der Waals surface area contributed by atoms with Crippen molar-refractivity contribution in [3.63, 3.8) is 0 Å². The van der Waals surface area contributed by atoms with E-state index in [9.17, 15) is 0 Å². The summed E-state index contributed by atoms with van der Waals surface area (Å²) in [5.41, 5.74) is 7.91. The molecule has 4 nitrogen and oxygen atoms in total. The molecule has 0 bridgehead atoms. The summed E-state index contributed by atoms with van der Waals surface area (Å²) in [5.74, 6) is 0.489. The third-order valence-corrected chi connectivity index (χ3v) is 3.01. The second-order valence-electron chi connectivity index (χ2n) is 4.17. The summed E-state index contributed by atoms with van der Waals surface area (Å²) in [6.07, 6.45) is 0. The van der Waals surface area contributed by atoms with Gasteiger partial charge in [0.25, 0.3) is 0 Å². The Hall–Kier alpha value is -1.88. The normalized spacial score (nSPS) is 10.2. The predicted octanol–water partition coefficient (Wildman–Crippen LogP) is 3.02. The highest BCUT2D eigenvalue weighted by atomic mass is 79.9. The first-order valence-corrected chi connectivity index (χ1v) is 6.54. The molecule has 0 saturated carbocycles. The van der Waals surface area contributed by atoms with Crippen LogP contribution in [0.2, 0.25) is 0 Å². The van der Waals surface area contributed by atoms with Crippen LogP contribution in [0.15, 0.2) is 40.9 Å². The highest BCUT2D eigenvalue weighted by Crippen LogP contribution is 2.16. The van der Waals surface area contributed by atoms with Gasteiger partial charge in [-0.1, -0.05) is 28.1 Å². The minimum atomic E-state index is 0.0119. The average molecular weight is 320 g/mol. The lowest BCUT2D eigenvalue weighted by Gasteiger charge is -2.08. The lowest BCUT2D eigenvalue weighted by Crippen LogP contribution is -2.12. The molecule has 0 aliphatic carbocycles. The molecule has 3 N–H and O–H groups in total. The van der Waals surface area contributed by atoms with Gasteiger partial charge in [-0.3, -0.25) is 5.41 Å². The molecule has 0 radical (unpaired) electrons. The van der Waals surface area contributed by atoms with Gasteiger partial charge in [0.1, 0.15) is 12.4 Å². The van der Waals surface area contributed by atoms with Gasteiger partial charge >= 0.3 is 0 Å². The maximum Gasteiger partial charge on any atom is 0.214 e. The molecule has 0 atom stereocenters. The third-order valence-electron chi connectivity index (χ3n) is 2.52. The zero-order valence-corrected chi connectivity index (χ0v) is 12.1. The van der Waals surface area contributed by atoms with Gasteiger partial charge in [0.05, 0.1) is 0 Å². The largest absolute Gasteiger partial charge is 0.473 e. The highest BCUT2D eigenvalue weighted by Gasteiger charge is 2.04. The number of aromatic nitrogens is 1. The fraction of sp³-hybridized carbons (Fsp3) is 0.143. The van der Waals surface area contributed by atoms with E-state index in [0.29, 0.717) is 18.1 Å². The number of benzene rings is 1. The Morgan fingerprint density at radius 2 is 2.16 bits per heavy atom. The number of nitrogens with two attached hydrogens (primary N) is 1. The first-order valence-electron chi connectivity index (χ1n) is 5.75. The molecule has 0 saturated heterocycles. The number of pyridine rings is 1. The molecule has 0 unspecified atom stereocenters. The van der Waals surface area contributed by atoms with Crippen molar-refractivity contribution >= 4 is 21.8 Å². The van der Waals surface area contributed by atoms with Gasteiger partial charge in [0, 0.05) is 21.8 Å². The van der Waals surface area contributed by atoms with Gasteiger partial charge in [-0.15, -0.1) is 0 Å². The summed E-state index contributed by atoms with van der Waals surface area (Å²) in [6, 6.07) is 11.3. The molecule has 0 fully saturated rings. The van der Waals surface area contributed by atoms with E-state index < -0.39 is 0 Å². The van der Waals surface area contributed by atoms with E-state index in [1.165, 1.54) is 0 Å². The molecule has 19 heavy (non-hydrogen) atoms. The van der Waals surface area contributed by atoms with Crippen LogP contribution in [-0.2, 0) is 6.61 Å². The smallest absolute Gasteiger partial charge is 0.214 e. The van der Waals surface area contributed by atoms with Crippen molar-refractivity contribution in [2.45, 2.75) is 13.5 Å². The minimum absolute atomic E-state index is 0.0119. The Labute approximate surface area is 120 Å². The lowest BCUT2D eigenvalue weighted by atomic mass is 10.2. The van der Waals surface area contributed by atoms with Crippen LogP contribution in [0.5, 0.6) is 5.88 Å². The molecule has 0 spiro atoms. The van der Waals surface area contributed by atoms with Crippen LogP contribution in [-0.4, -0.2) is 10.8 Å². The summed E-state index contributed by atoms with van der Waals surface area (Å²) >= 11 is 3.41. The zero-order valence-electron chi connectivity index (χ0n) is 10.5. The van der Waals surface area contributed by atoms with Crippen molar-refractivity contribution in [2.75, 3.05) is 0 Å². The predicted molar refractivity (Wildman–Crippen MR) is 78.5 cm³/mol. The fourth-order valence-electron chi connectivity index (χ4n) is 1.65. The van der Waals surface area contributed by atoms with Crippen LogP contribution in [0.25, 0.3) is 0 Å². The van der Waals surface area contributed by atoms with Crippen LogP contribution in [0.4, 0.5) is 0 Å². The van der Waals surface area contributed by atoms with Gasteiger partial charge in [-0.2, -0.15) is 0 Å². The lowest BCUT2D eigenvalue weighted by molar-refractivity contribution is 0.293. The Bertz CT molecular complexity index is 613. The number of amidine groups is 1. The molecule has 1 aromatic carbocycles. The maximum atomic E-state index is 7.44. The van der Waals surface area contributed by atoms with E-state index in [0.717, 1.165) is 15.7 Å². The zero-order chi connectivity index (χ0) is 13.8. The molecule has 5 heteroatoms. The summed E-state index contributed by atoms with van der Waals surface area (Å²) in [5, 5.41) is 7.44. The first kappa shape index (κ1) is 13.5. The number of hydrogen-bond donors (Lipinski definition) is 2. The Balaban J connectivity index is 2.13. The van der Waals surface area contributed by atoms with Crippen molar-refractivity contribution < 1.29 is 4.74 Å². The molecule has 98 valence electrons. The number of halogens is 1. The van der Waals surface area contributed by atoms with E-state index in [1.54, 1.807) is 12.1 Å². The maximum absolute atomic E-state index is 7.44. The van der Waals surface area contributed by atoms with E-state index in [4.69, 9.17) is 15.9 Å². The summed E-state index contributed by atoms with van der Waals surface area (Å²) in [4.78, 5) is 4.27. The number of aryl methyl sites for hydroxylation is 1. The van der Waals surface area contributed by atoms with E-state index in [1.807, 2.05) is 31.2 Å². The monoisotopic (exact) mass is 319 g/mol. The Kier molecular flexibility index (Phi) is 4.16. The van der Waals surface area contributed by atoms with Crippen LogP contribution in [0.3, 0.4) is 0 Å². The van der Waals surface area contributed by atoms with Crippen LogP contribution >= 0.6 is 15.9 Å². The van der Waals surface area contributed by atoms with Crippen molar-refractivity contribution in [3.05, 3.63) is 57.7 Å². The van der Waals surface area contributed by atoms with Crippen molar-refractivity contribution in [3.8, 4) is 5.88 Å². The van der Waals surface area contributed by atoms with Crippen molar-refractivity contribution in [1.29, 1.82) is 5.41 Å². The number of nitrogens with zero attached hydrogens (tertiary/aromatic N) is 1. The molecule has 0 aliphatic heterocycles. The van der Waals surface area contributed by atoms with E-state index >= 15 is 0 Å². The molecular formula is C14H14BrN3O. The van der Waals surface area contributed by atoms with Crippen molar-refractivity contribution in [2.24, 2.45) is 5.73 Å². The highest BCUT2D eigenvalue weighted by molar-refractivity contribution is 9.10. The third kappa shape index (κ3) is 3.79. The second-order valence-corrected chi connectivity index (χ2v) is 5.08. The van der Waals surface area contributed by atoms with Crippen LogP contribution in [0.1, 0.15) is 16.8 Å². The molecule has 0 aliphatic rings. The molecule has 2 rings (SSSR count). The Morgan fingerprint density at radius 1 is 1.37 bits per heavy atom. The molecular weight excluding hydrogens is 306 g/mol. The molecule has 1 aromatic heterocycles. The summed E-state index contributed by atoms with van der Waals surface area (Å²) < 4.78 is 6.64. The number of rotatable bonds is 4. The van der Waals surface area contributed by atoms with Gasteiger partial charge < -0.3 is 10.5 Å². The number of nitrogen functional groups attached to an aromatic ring is 1. The number of hydrogen-bond acceptors (Lipinski definition) is 3. The fourth-order valence-corrected chi connectivity index (χ4v) is 2.10. The van der Waals surface area contributed by atoms with E-state index in [2.05, 4.69) is 20.9 Å². The molecule has 1 heterocycles. The standard InChI is InChI=1S/C14H14BrN3O/c1-9-5-11(14(16)17)7-13(18-9)19-8-10-3-2-4-12(15)6-10/h2-7H,8H2,1H3,(H3,16,17). The molecule has 0 amide bonds. The van der Waals surface area contributed by atoms with Crippen LogP contribution < -0.4 is 10.5 Å². The number of nitrogens with one attached hydrogen (secondary N) is 1. The average Bonchev–Trinajstić information content (AvgIpc) is 2.36. The SMILES string of the molecule is Cc1cc(C(=N)N)cc(OCc2cccc(Br)c2)n1. The minimum Gasteiger partial charge on any atom is -0.473 e. The summed E-state index contributed by atoms with van der Waals surface area (Å²) in [6.45, 7) is 2.27. The van der Waals surface area contributed by atoms with Gasteiger partial charge in [0.15, 0.2) is 0 Å². The first-order chi connectivity index (χ1) is 9.04. The number of ether oxygens (including phenoxy) is 1. The van der Waals surface area contributed by atoms with Gasteiger partial charge in [-0.25, -0.2) is 4.98 Å². The van der Waals surface area contributed by atoms with Gasteiger partial charge in [0.2, 0.25) is 5.88 Å². The van der Waals surface area contributed by atoms with E-state index in [-0.39, 0.29) is 5.84 Å². The quantitative estimate of drug-likeness (QED) is 0.672. The second kappa shape index (κ2) is 5.84. The van der Waals surface area contributed by atoms with Gasteiger partial charge in [-0.05, 0) is 30.7 Å². The summed E-state index contributed by atoms with van der Waals surface area (Å²) in [7, 11) is 0.